The van der Waals surface area contributed by atoms with Crippen LogP contribution in [0.25, 0.3) is 0 Å². The van der Waals surface area contributed by atoms with Crippen LogP contribution in [0.15, 0.2) is 18.2 Å². The molecule has 20 heavy (non-hydrogen) atoms. The smallest absolute Gasteiger partial charge is 0.257 e. The van der Waals surface area contributed by atoms with E-state index >= 15 is 0 Å². The highest BCUT2D eigenvalue weighted by Crippen LogP contribution is 2.27. The lowest BCUT2D eigenvalue weighted by Gasteiger charge is -2.14. The minimum absolute atomic E-state index is 0.0205. The molecule has 1 atom stereocenters. The molecule has 0 aromatic heterocycles. The van der Waals surface area contributed by atoms with Crippen LogP contribution in [0, 0.1) is 5.92 Å². The zero-order valence-corrected chi connectivity index (χ0v) is 13.3. The number of carbonyl (C=O) groups is 1. The third kappa shape index (κ3) is 5.39. The van der Waals surface area contributed by atoms with Crippen molar-refractivity contribution in [3.05, 3.63) is 28.8 Å². The minimum atomic E-state index is -0.137. The maximum Gasteiger partial charge on any atom is 0.257 e. The lowest BCUT2D eigenvalue weighted by atomic mass is 10.1. The van der Waals surface area contributed by atoms with Gasteiger partial charge in [0.25, 0.3) is 5.91 Å². The van der Waals surface area contributed by atoms with Crippen LogP contribution in [-0.4, -0.2) is 26.1 Å². The Kier molecular flexibility index (Phi) is 6.82. The van der Waals surface area contributed by atoms with Crippen LogP contribution >= 0.6 is 11.6 Å². The highest BCUT2D eigenvalue weighted by atomic mass is 35.5. The SMILES string of the molecule is CNC(C)c1ccc(OCC(=O)NCC(C)C)c(Cl)c1. The molecular formula is C15H23ClN2O2. The predicted octanol–water partition coefficient (Wildman–Crippen LogP) is 2.77. The minimum Gasteiger partial charge on any atom is -0.482 e. The molecule has 1 rings (SSSR count). The number of carbonyl (C=O) groups excluding carboxylic acids is 1. The van der Waals surface area contributed by atoms with Crippen LogP contribution in [0.4, 0.5) is 0 Å². The van der Waals surface area contributed by atoms with E-state index in [1.54, 1.807) is 6.07 Å². The number of hydrogen-bond donors (Lipinski definition) is 2. The molecule has 0 heterocycles. The summed E-state index contributed by atoms with van der Waals surface area (Å²) in [5.74, 6) is 0.811. The number of benzene rings is 1. The molecular weight excluding hydrogens is 276 g/mol. The summed E-state index contributed by atoms with van der Waals surface area (Å²) in [6.45, 7) is 6.76. The molecule has 0 bridgehead atoms. The van der Waals surface area contributed by atoms with E-state index in [9.17, 15) is 4.79 Å². The first kappa shape index (κ1) is 16.8. The fraction of sp³-hybridized carbons (Fsp3) is 0.533. The van der Waals surface area contributed by atoms with Crippen molar-refractivity contribution in [1.82, 2.24) is 10.6 Å². The van der Waals surface area contributed by atoms with Crippen molar-refractivity contribution >= 4 is 17.5 Å². The van der Waals surface area contributed by atoms with Gasteiger partial charge in [-0.3, -0.25) is 4.79 Å². The number of nitrogens with one attached hydrogen (secondary N) is 2. The molecule has 1 aromatic rings. The van der Waals surface area contributed by atoms with E-state index in [4.69, 9.17) is 16.3 Å². The Morgan fingerprint density at radius 3 is 2.60 bits per heavy atom. The molecule has 1 aromatic carbocycles. The maximum atomic E-state index is 11.6. The molecule has 0 aliphatic rings. The summed E-state index contributed by atoms with van der Waals surface area (Å²) < 4.78 is 5.43. The van der Waals surface area contributed by atoms with Gasteiger partial charge in [0, 0.05) is 12.6 Å². The monoisotopic (exact) mass is 298 g/mol. The van der Waals surface area contributed by atoms with E-state index in [-0.39, 0.29) is 18.6 Å². The molecule has 0 fully saturated rings. The van der Waals surface area contributed by atoms with Gasteiger partial charge in [-0.15, -0.1) is 0 Å². The Bertz CT molecular complexity index is 449. The number of ether oxygens (including phenoxy) is 1. The van der Waals surface area contributed by atoms with Crippen molar-refractivity contribution in [1.29, 1.82) is 0 Å². The zero-order chi connectivity index (χ0) is 15.1. The average molecular weight is 299 g/mol. The topological polar surface area (TPSA) is 50.4 Å². The zero-order valence-electron chi connectivity index (χ0n) is 12.5. The van der Waals surface area contributed by atoms with Crippen LogP contribution in [0.3, 0.4) is 0 Å². The highest BCUT2D eigenvalue weighted by Gasteiger charge is 2.09. The summed E-state index contributed by atoms with van der Waals surface area (Å²) in [6.07, 6.45) is 0. The summed E-state index contributed by atoms with van der Waals surface area (Å²) >= 11 is 6.16. The summed E-state index contributed by atoms with van der Waals surface area (Å²) in [7, 11) is 1.89. The molecule has 0 saturated heterocycles. The molecule has 0 saturated carbocycles. The first-order valence-electron chi connectivity index (χ1n) is 6.80. The van der Waals surface area contributed by atoms with E-state index in [0.29, 0.717) is 23.2 Å². The first-order chi connectivity index (χ1) is 9.43. The number of halogens is 1. The normalized spacial score (nSPS) is 12.3. The Hall–Kier alpha value is -1.26. The van der Waals surface area contributed by atoms with Crippen molar-refractivity contribution < 1.29 is 9.53 Å². The lowest BCUT2D eigenvalue weighted by Crippen LogP contribution is -2.31. The number of amides is 1. The third-order valence-electron chi connectivity index (χ3n) is 2.96. The van der Waals surface area contributed by atoms with Crippen LogP contribution in [-0.2, 0) is 4.79 Å². The van der Waals surface area contributed by atoms with Gasteiger partial charge in [0.15, 0.2) is 6.61 Å². The fourth-order valence-electron chi connectivity index (χ4n) is 1.58. The molecule has 0 aliphatic heterocycles. The van der Waals surface area contributed by atoms with Gasteiger partial charge in [-0.2, -0.15) is 0 Å². The Morgan fingerprint density at radius 1 is 1.35 bits per heavy atom. The second-order valence-corrected chi connectivity index (χ2v) is 5.59. The maximum absolute atomic E-state index is 11.6. The summed E-state index contributed by atoms with van der Waals surface area (Å²) in [6, 6.07) is 5.80. The molecule has 112 valence electrons. The van der Waals surface area contributed by atoms with Crippen LogP contribution < -0.4 is 15.4 Å². The average Bonchev–Trinajstić information content (AvgIpc) is 2.42. The molecule has 2 N–H and O–H groups in total. The number of hydrogen-bond acceptors (Lipinski definition) is 3. The van der Waals surface area contributed by atoms with Crippen LogP contribution in [0.1, 0.15) is 32.4 Å². The Labute approximate surface area is 125 Å². The third-order valence-corrected chi connectivity index (χ3v) is 3.25. The molecule has 1 amide bonds. The van der Waals surface area contributed by atoms with Crippen molar-refractivity contribution in [2.45, 2.75) is 26.8 Å². The van der Waals surface area contributed by atoms with Crippen molar-refractivity contribution in [2.75, 3.05) is 20.2 Å². The van der Waals surface area contributed by atoms with Crippen molar-refractivity contribution in [2.24, 2.45) is 5.92 Å². The first-order valence-corrected chi connectivity index (χ1v) is 7.18. The Balaban J connectivity index is 2.54. The van der Waals surface area contributed by atoms with Gasteiger partial charge < -0.3 is 15.4 Å². The van der Waals surface area contributed by atoms with E-state index in [1.165, 1.54) is 0 Å². The van der Waals surface area contributed by atoms with Gasteiger partial charge in [-0.1, -0.05) is 31.5 Å². The van der Waals surface area contributed by atoms with Crippen LogP contribution in [0.2, 0.25) is 5.02 Å². The van der Waals surface area contributed by atoms with E-state index in [1.807, 2.05) is 40.0 Å². The molecule has 5 heteroatoms. The predicted molar refractivity (Wildman–Crippen MR) is 82.3 cm³/mol. The summed E-state index contributed by atoms with van der Waals surface area (Å²) in [5, 5.41) is 6.45. The summed E-state index contributed by atoms with van der Waals surface area (Å²) in [4.78, 5) is 11.6. The van der Waals surface area contributed by atoms with E-state index in [2.05, 4.69) is 10.6 Å². The molecule has 0 radical (unpaired) electrons. The standard InChI is InChI=1S/C15H23ClN2O2/c1-10(2)8-18-15(19)9-20-14-6-5-12(7-13(14)16)11(3)17-4/h5-7,10-11,17H,8-9H2,1-4H3,(H,18,19). The summed E-state index contributed by atoms with van der Waals surface area (Å²) in [5.41, 5.74) is 1.08. The van der Waals surface area contributed by atoms with E-state index in [0.717, 1.165) is 5.56 Å². The van der Waals surface area contributed by atoms with Gasteiger partial charge >= 0.3 is 0 Å². The Morgan fingerprint density at radius 2 is 2.05 bits per heavy atom. The van der Waals surface area contributed by atoms with E-state index < -0.39 is 0 Å². The molecule has 1 unspecified atom stereocenters. The highest BCUT2D eigenvalue weighted by molar-refractivity contribution is 6.32. The van der Waals surface area contributed by atoms with Gasteiger partial charge in [0.05, 0.1) is 5.02 Å². The second-order valence-electron chi connectivity index (χ2n) is 5.19. The van der Waals surface area contributed by atoms with Gasteiger partial charge in [-0.25, -0.2) is 0 Å². The second kappa shape index (κ2) is 8.12. The molecule has 0 spiro atoms. The van der Waals surface area contributed by atoms with Gasteiger partial charge in [0.1, 0.15) is 5.75 Å². The quantitative estimate of drug-likeness (QED) is 0.814. The largest absolute Gasteiger partial charge is 0.482 e. The van der Waals surface area contributed by atoms with Crippen LogP contribution in [0.5, 0.6) is 5.75 Å². The van der Waals surface area contributed by atoms with Gasteiger partial charge in [-0.05, 0) is 37.6 Å². The molecule has 0 aliphatic carbocycles. The lowest BCUT2D eigenvalue weighted by molar-refractivity contribution is -0.123. The van der Waals surface area contributed by atoms with Gasteiger partial charge in [0.2, 0.25) is 0 Å². The van der Waals surface area contributed by atoms with Crippen molar-refractivity contribution in [3.8, 4) is 5.75 Å². The molecule has 4 nitrogen and oxygen atoms in total. The van der Waals surface area contributed by atoms with Crippen molar-refractivity contribution in [3.63, 3.8) is 0 Å². The number of rotatable bonds is 7. The fourth-order valence-corrected chi connectivity index (χ4v) is 1.83.